The van der Waals surface area contributed by atoms with E-state index in [9.17, 15) is 0 Å². The summed E-state index contributed by atoms with van der Waals surface area (Å²) < 4.78 is 12.9. The molecule has 0 saturated carbocycles. The number of furan rings is 1. The molecular formula is C23H23N3O2. The summed E-state index contributed by atoms with van der Waals surface area (Å²) in [6.07, 6.45) is 3.61. The third-order valence-electron chi connectivity index (χ3n) is 4.62. The van der Waals surface area contributed by atoms with E-state index in [1.54, 1.807) is 13.4 Å². The molecule has 28 heavy (non-hydrogen) atoms. The predicted molar refractivity (Wildman–Crippen MR) is 111 cm³/mol. The summed E-state index contributed by atoms with van der Waals surface area (Å²) in [5, 5.41) is 4.63. The second-order valence-electron chi connectivity index (χ2n) is 6.92. The quantitative estimate of drug-likeness (QED) is 0.484. The summed E-state index contributed by atoms with van der Waals surface area (Å²) in [4.78, 5) is 2.13. The van der Waals surface area contributed by atoms with Gasteiger partial charge in [-0.05, 0) is 61.6 Å². The summed E-state index contributed by atoms with van der Waals surface area (Å²) >= 11 is 0. The predicted octanol–water partition coefficient (Wildman–Crippen LogP) is 4.87. The minimum absolute atomic E-state index is 0.792. The molecule has 0 aliphatic heterocycles. The van der Waals surface area contributed by atoms with Crippen molar-refractivity contribution in [3.05, 3.63) is 78.7 Å². The summed E-state index contributed by atoms with van der Waals surface area (Å²) in [7, 11) is 5.77. The van der Waals surface area contributed by atoms with E-state index in [4.69, 9.17) is 9.15 Å². The molecule has 0 saturated heterocycles. The van der Waals surface area contributed by atoms with E-state index in [2.05, 4.69) is 46.4 Å². The lowest BCUT2D eigenvalue weighted by atomic mass is 10.1. The van der Waals surface area contributed by atoms with Crippen LogP contribution in [0, 0.1) is 0 Å². The van der Waals surface area contributed by atoms with Crippen LogP contribution in [-0.2, 0) is 6.54 Å². The summed E-state index contributed by atoms with van der Waals surface area (Å²) in [6.45, 7) is 0.792. The van der Waals surface area contributed by atoms with Crippen LogP contribution < -0.4 is 4.74 Å². The average Bonchev–Trinajstić information content (AvgIpc) is 3.37. The van der Waals surface area contributed by atoms with E-state index in [0.29, 0.717) is 0 Å². The zero-order valence-electron chi connectivity index (χ0n) is 16.3. The van der Waals surface area contributed by atoms with Gasteiger partial charge in [0.15, 0.2) is 5.76 Å². The third kappa shape index (κ3) is 3.57. The van der Waals surface area contributed by atoms with Gasteiger partial charge in [-0.2, -0.15) is 5.10 Å². The molecule has 0 aliphatic rings. The number of methoxy groups -OCH3 is 1. The van der Waals surface area contributed by atoms with Crippen LogP contribution in [0.1, 0.15) is 5.56 Å². The second kappa shape index (κ2) is 7.74. The van der Waals surface area contributed by atoms with E-state index < -0.39 is 0 Å². The van der Waals surface area contributed by atoms with Crippen molar-refractivity contribution in [2.75, 3.05) is 21.2 Å². The van der Waals surface area contributed by atoms with Crippen LogP contribution in [0.2, 0.25) is 0 Å². The standard InChI is InChI=1S/C23H23N3O2/c1-25(2)16-19-15-24-26(23(19)22-5-4-14-28-22)20-10-6-17(7-11-20)18-8-12-21(27-3)13-9-18/h4-15H,16H2,1-3H3. The Morgan fingerprint density at radius 2 is 1.64 bits per heavy atom. The minimum atomic E-state index is 0.792. The van der Waals surface area contributed by atoms with Gasteiger partial charge in [0.25, 0.3) is 0 Å². The molecule has 5 heteroatoms. The topological polar surface area (TPSA) is 43.4 Å². The maximum Gasteiger partial charge on any atom is 0.152 e. The Hall–Kier alpha value is -3.31. The zero-order chi connectivity index (χ0) is 19.5. The lowest BCUT2D eigenvalue weighted by molar-refractivity contribution is 0.402. The van der Waals surface area contributed by atoms with Gasteiger partial charge in [0.2, 0.25) is 0 Å². The molecule has 2 aromatic heterocycles. The second-order valence-corrected chi connectivity index (χ2v) is 6.92. The van der Waals surface area contributed by atoms with Gasteiger partial charge in [-0.3, -0.25) is 0 Å². The lowest BCUT2D eigenvalue weighted by Crippen LogP contribution is -2.11. The summed E-state index contributed by atoms with van der Waals surface area (Å²) in [5.74, 6) is 1.67. The number of hydrogen-bond acceptors (Lipinski definition) is 4. The van der Waals surface area contributed by atoms with E-state index in [-0.39, 0.29) is 0 Å². The average molecular weight is 373 g/mol. The highest BCUT2D eigenvalue weighted by molar-refractivity contribution is 5.67. The first-order chi connectivity index (χ1) is 13.7. The van der Waals surface area contributed by atoms with Crippen molar-refractivity contribution in [1.82, 2.24) is 14.7 Å². The number of aromatic nitrogens is 2. The zero-order valence-corrected chi connectivity index (χ0v) is 16.3. The Balaban J connectivity index is 1.70. The van der Waals surface area contributed by atoms with Crippen molar-refractivity contribution in [3.63, 3.8) is 0 Å². The molecule has 0 bridgehead atoms. The van der Waals surface area contributed by atoms with Crippen molar-refractivity contribution in [1.29, 1.82) is 0 Å². The molecule has 5 nitrogen and oxygen atoms in total. The van der Waals surface area contributed by atoms with E-state index >= 15 is 0 Å². The van der Waals surface area contributed by atoms with Gasteiger partial charge in [0.05, 0.1) is 25.3 Å². The van der Waals surface area contributed by atoms with Gasteiger partial charge < -0.3 is 14.1 Å². The van der Waals surface area contributed by atoms with E-state index in [1.807, 2.05) is 49.2 Å². The van der Waals surface area contributed by atoms with Gasteiger partial charge in [-0.25, -0.2) is 4.68 Å². The van der Waals surface area contributed by atoms with Crippen LogP contribution >= 0.6 is 0 Å². The molecule has 2 heterocycles. The van der Waals surface area contributed by atoms with Crippen LogP contribution in [-0.4, -0.2) is 35.9 Å². The van der Waals surface area contributed by atoms with Gasteiger partial charge in [0.1, 0.15) is 11.4 Å². The van der Waals surface area contributed by atoms with Crippen LogP contribution in [0.3, 0.4) is 0 Å². The highest BCUT2D eigenvalue weighted by Crippen LogP contribution is 2.29. The Labute approximate surface area is 164 Å². The SMILES string of the molecule is COc1ccc(-c2ccc(-n3ncc(CN(C)C)c3-c3ccco3)cc2)cc1. The molecular weight excluding hydrogens is 350 g/mol. The fraction of sp³-hybridized carbons (Fsp3) is 0.174. The molecule has 0 N–H and O–H groups in total. The highest BCUT2D eigenvalue weighted by Gasteiger charge is 2.17. The Morgan fingerprint density at radius 1 is 0.964 bits per heavy atom. The lowest BCUT2D eigenvalue weighted by Gasteiger charge is -2.12. The molecule has 0 spiro atoms. The fourth-order valence-electron chi connectivity index (χ4n) is 3.29. The molecule has 0 fully saturated rings. The molecule has 0 atom stereocenters. The summed E-state index contributed by atoms with van der Waals surface area (Å²) in [6, 6.07) is 20.3. The molecule has 0 radical (unpaired) electrons. The molecule has 0 unspecified atom stereocenters. The highest BCUT2D eigenvalue weighted by atomic mass is 16.5. The van der Waals surface area contributed by atoms with Crippen molar-refractivity contribution in [2.45, 2.75) is 6.54 Å². The number of rotatable bonds is 6. The van der Waals surface area contributed by atoms with Crippen molar-refractivity contribution < 1.29 is 9.15 Å². The van der Waals surface area contributed by atoms with E-state index in [0.717, 1.165) is 46.1 Å². The first kappa shape index (κ1) is 18.1. The first-order valence-electron chi connectivity index (χ1n) is 9.16. The fourth-order valence-corrected chi connectivity index (χ4v) is 3.29. The van der Waals surface area contributed by atoms with Gasteiger partial charge in [-0.1, -0.05) is 24.3 Å². The third-order valence-corrected chi connectivity index (χ3v) is 4.62. The molecule has 0 amide bonds. The van der Waals surface area contributed by atoms with Gasteiger partial charge >= 0.3 is 0 Å². The normalized spacial score (nSPS) is 11.1. The van der Waals surface area contributed by atoms with Crippen LogP contribution in [0.15, 0.2) is 77.5 Å². The Kier molecular flexibility index (Phi) is 5.00. The number of ether oxygens (including phenoxy) is 1. The Bertz CT molecular complexity index is 1030. The van der Waals surface area contributed by atoms with Crippen molar-refractivity contribution in [2.24, 2.45) is 0 Å². The largest absolute Gasteiger partial charge is 0.497 e. The maximum absolute atomic E-state index is 5.69. The number of nitrogens with zero attached hydrogens (tertiary/aromatic N) is 3. The monoisotopic (exact) mass is 373 g/mol. The molecule has 4 rings (SSSR count). The van der Waals surface area contributed by atoms with Crippen LogP contribution in [0.4, 0.5) is 0 Å². The number of hydrogen-bond donors (Lipinski definition) is 0. The minimum Gasteiger partial charge on any atom is -0.497 e. The van der Waals surface area contributed by atoms with Crippen molar-refractivity contribution >= 4 is 0 Å². The number of benzene rings is 2. The van der Waals surface area contributed by atoms with Crippen molar-refractivity contribution in [3.8, 4) is 34.0 Å². The van der Waals surface area contributed by atoms with Gasteiger partial charge in [-0.15, -0.1) is 0 Å². The molecule has 142 valence electrons. The smallest absolute Gasteiger partial charge is 0.152 e. The van der Waals surface area contributed by atoms with Crippen LogP contribution in [0.25, 0.3) is 28.3 Å². The van der Waals surface area contributed by atoms with E-state index in [1.165, 1.54) is 0 Å². The molecule has 4 aromatic rings. The van der Waals surface area contributed by atoms with Crippen LogP contribution in [0.5, 0.6) is 5.75 Å². The summed E-state index contributed by atoms with van der Waals surface area (Å²) in [5.41, 5.74) is 5.39. The van der Waals surface area contributed by atoms with Gasteiger partial charge in [0, 0.05) is 12.1 Å². The maximum atomic E-state index is 5.69. The Morgan fingerprint density at radius 3 is 2.21 bits per heavy atom. The molecule has 2 aromatic carbocycles. The molecule has 0 aliphatic carbocycles. The first-order valence-corrected chi connectivity index (χ1v) is 9.16.